The molecule has 28 heavy (non-hydrogen) atoms. The molecule has 1 aromatic carbocycles. The topological polar surface area (TPSA) is 71.8 Å². The lowest BCUT2D eigenvalue weighted by atomic mass is 10.3. The summed E-state index contributed by atoms with van der Waals surface area (Å²) in [5, 5.41) is 4.72. The second-order valence-corrected chi connectivity index (χ2v) is 6.85. The smallest absolute Gasteiger partial charge is 0.247 e. The van der Waals surface area contributed by atoms with E-state index in [2.05, 4.69) is 5.32 Å². The summed E-state index contributed by atoms with van der Waals surface area (Å²) in [7, 11) is 1.53. The lowest BCUT2D eigenvalue weighted by Crippen LogP contribution is -2.36. The lowest BCUT2D eigenvalue weighted by Gasteiger charge is -2.20. The van der Waals surface area contributed by atoms with Crippen molar-refractivity contribution >= 4 is 34.9 Å². The number of amides is 2. The van der Waals surface area contributed by atoms with E-state index in [9.17, 15) is 9.59 Å². The molecule has 1 N–H and O–H groups in total. The summed E-state index contributed by atoms with van der Waals surface area (Å²) in [6, 6.07) is 14.5. The Balaban J connectivity index is 1.70. The Bertz CT molecular complexity index is 933. The number of methoxy groups -OCH3 is 1. The summed E-state index contributed by atoms with van der Waals surface area (Å²) in [5.74, 6) is 0.550. The van der Waals surface area contributed by atoms with Gasteiger partial charge in [-0.1, -0.05) is 18.2 Å². The fraction of sp³-hybridized carbons (Fsp3) is 0.143. The summed E-state index contributed by atoms with van der Waals surface area (Å²) < 4.78 is 10.6. The quantitative estimate of drug-likeness (QED) is 0.584. The van der Waals surface area contributed by atoms with Gasteiger partial charge in [0.15, 0.2) is 0 Å². The van der Waals surface area contributed by atoms with E-state index in [-0.39, 0.29) is 24.9 Å². The fourth-order valence-corrected chi connectivity index (χ4v) is 3.18. The summed E-state index contributed by atoms with van der Waals surface area (Å²) >= 11 is 1.53. The van der Waals surface area contributed by atoms with Crippen molar-refractivity contribution < 1.29 is 18.7 Å². The first kappa shape index (κ1) is 19.4. The summed E-state index contributed by atoms with van der Waals surface area (Å²) in [4.78, 5) is 27.6. The molecule has 0 saturated heterocycles. The number of nitrogens with zero attached hydrogens (tertiary/aromatic N) is 1. The number of furan rings is 1. The molecule has 0 aliphatic heterocycles. The highest BCUT2D eigenvalue weighted by Crippen LogP contribution is 2.23. The number of para-hydroxylation sites is 2. The minimum Gasteiger partial charge on any atom is -0.495 e. The van der Waals surface area contributed by atoms with Crippen molar-refractivity contribution in [2.75, 3.05) is 19.0 Å². The van der Waals surface area contributed by atoms with Crippen molar-refractivity contribution in [2.24, 2.45) is 0 Å². The average molecular weight is 396 g/mol. The van der Waals surface area contributed by atoms with Gasteiger partial charge in [-0.15, -0.1) is 11.3 Å². The van der Waals surface area contributed by atoms with E-state index in [0.717, 1.165) is 4.88 Å². The molecule has 0 unspecified atom stereocenters. The maximum atomic E-state index is 12.7. The Kier molecular flexibility index (Phi) is 6.64. The van der Waals surface area contributed by atoms with Crippen molar-refractivity contribution in [3.63, 3.8) is 0 Å². The molecule has 0 saturated carbocycles. The van der Waals surface area contributed by atoms with Gasteiger partial charge in [-0.3, -0.25) is 9.59 Å². The number of ether oxygens (including phenoxy) is 1. The molecule has 0 aliphatic rings. The number of thiophene rings is 1. The van der Waals surface area contributed by atoms with Gasteiger partial charge in [0.2, 0.25) is 11.8 Å². The predicted molar refractivity (Wildman–Crippen MR) is 109 cm³/mol. The van der Waals surface area contributed by atoms with E-state index < -0.39 is 0 Å². The van der Waals surface area contributed by atoms with Gasteiger partial charge in [0, 0.05) is 11.0 Å². The number of hydrogen-bond acceptors (Lipinski definition) is 5. The zero-order valence-electron chi connectivity index (χ0n) is 15.3. The highest BCUT2D eigenvalue weighted by molar-refractivity contribution is 7.10. The van der Waals surface area contributed by atoms with Gasteiger partial charge >= 0.3 is 0 Å². The van der Waals surface area contributed by atoms with Crippen LogP contribution in [-0.2, 0) is 16.1 Å². The fourth-order valence-electron chi connectivity index (χ4n) is 2.56. The highest BCUT2D eigenvalue weighted by Gasteiger charge is 2.18. The third-order valence-electron chi connectivity index (χ3n) is 3.89. The number of nitrogens with one attached hydrogen (secondary N) is 1. The van der Waals surface area contributed by atoms with Gasteiger partial charge in [0.05, 0.1) is 25.6 Å². The van der Waals surface area contributed by atoms with Crippen molar-refractivity contribution in [1.29, 1.82) is 0 Å². The molecule has 0 aliphatic carbocycles. The molecule has 2 aromatic heterocycles. The second-order valence-electron chi connectivity index (χ2n) is 5.87. The predicted octanol–water partition coefficient (Wildman–Crippen LogP) is 4.03. The standard InChI is InChI=1S/C21H20N2O4S/c1-26-19-9-3-2-8-18(19)22-20(24)15-23(14-16-6-4-12-27-16)21(25)11-10-17-7-5-13-28-17/h2-13H,14-15H2,1H3,(H,22,24)/b11-10+. The molecule has 3 aromatic rings. The maximum Gasteiger partial charge on any atom is 0.247 e. The molecule has 0 radical (unpaired) electrons. The van der Waals surface area contributed by atoms with Crippen LogP contribution in [0.1, 0.15) is 10.6 Å². The molecule has 0 atom stereocenters. The zero-order chi connectivity index (χ0) is 19.8. The molecule has 0 bridgehead atoms. The Morgan fingerprint density at radius 3 is 2.75 bits per heavy atom. The van der Waals surface area contributed by atoms with Gasteiger partial charge in [-0.05, 0) is 41.8 Å². The molecule has 144 valence electrons. The molecule has 6 nitrogen and oxygen atoms in total. The summed E-state index contributed by atoms with van der Waals surface area (Å²) in [6.45, 7) is 0.0757. The zero-order valence-corrected chi connectivity index (χ0v) is 16.1. The molecule has 0 fully saturated rings. The van der Waals surface area contributed by atoms with Crippen LogP contribution in [0, 0.1) is 0 Å². The first-order valence-electron chi connectivity index (χ1n) is 8.61. The minimum atomic E-state index is -0.325. The van der Waals surface area contributed by atoms with Gasteiger partial charge in [0.25, 0.3) is 0 Å². The van der Waals surface area contributed by atoms with Crippen molar-refractivity contribution in [3.8, 4) is 5.75 Å². The number of carbonyl (C=O) groups is 2. The third kappa shape index (κ3) is 5.34. The molecule has 2 amide bonds. The van der Waals surface area contributed by atoms with Crippen LogP contribution in [-0.4, -0.2) is 30.4 Å². The van der Waals surface area contributed by atoms with E-state index in [1.54, 1.807) is 36.4 Å². The van der Waals surface area contributed by atoms with E-state index in [1.165, 1.54) is 35.7 Å². The number of carbonyl (C=O) groups excluding carboxylic acids is 2. The molecular formula is C21H20N2O4S. The van der Waals surface area contributed by atoms with Crippen LogP contribution in [0.15, 0.2) is 70.7 Å². The maximum absolute atomic E-state index is 12.7. The number of benzene rings is 1. The van der Waals surface area contributed by atoms with Crippen molar-refractivity contribution in [1.82, 2.24) is 4.90 Å². The van der Waals surface area contributed by atoms with Crippen LogP contribution in [0.4, 0.5) is 5.69 Å². The first-order valence-corrected chi connectivity index (χ1v) is 9.49. The Hall–Kier alpha value is -3.32. The number of anilines is 1. The van der Waals surface area contributed by atoms with E-state index in [1.807, 2.05) is 23.6 Å². The van der Waals surface area contributed by atoms with Gasteiger partial charge in [0.1, 0.15) is 18.1 Å². The summed E-state index contributed by atoms with van der Waals surface area (Å²) in [5.41, 5.74) is 0.550. The second kappa shape index (κ2) is 9.57. The normalized spacial score (nSPS) is 10.8. The SMILES string of the molecule is COc1ccccc1NC(=O)CN(Cc1ccco1)C(=O)/C=C/c1cccs1. The molecular weight excluding hydrogens is 376 g/mol. The third-order valence-corrected chi connectivity index (χ3v) is 4.72. The Morgan fingerprint density at radius 1 is 1.18 bits per heavy atom. The Labute approximate surface area is 167 Å². The molecule has 7 heteroatoms. The molecule has 3 rings (SSSR count). The van der Waals surface area contributed by atoms with Gasteiger partial charge in [-0.2, -0.15) is 0 Å². The number of rotatable bonds is 8. The van der Waals surface area contributed by atoms with Crippen LogP contribution < -0.4 is 10.1 Å². The minimum absolute atomic E-state index is 0.119. The van der Waals surface area contributed by atoms with Crippen molar-refractivity contribution in [2.45, 2.75) is 6.54 Å². The lowest BCUT2D eigenvalue weighted by molar-refractivity contribution is -0.131. The van der Waals surface area contributed by atoms with Crippen LogP contribution in [0.5, 0.6) is 5.75 Å². The monoisotopic (exact) mass is 396 g/mol. The van der Waals surface area contributed by atoms with Crippen LogP contribution >= 0.6 is 11.3 Å². The molecule has 2 heterocycles. The van der Waals surface area contributed by atoms with E-state index in [0.29, 0.717) is 17.2 Å². The van der Waals surface area contributed by atoms with Crippen molar-refractivity contribution in [3.05, 3.63) is 76.9 Å². The Morgan fingerprint density at radius 2 is 2.04 bits per heavy atom. The van der Waals surface area contributed by atoms with Gasteiger partial charge < -0.3 is 19.4 Å². The highest BCUT2D eigenvalue weighted by atomic mass is 32.1. The van der Waals surface area contributed by atoms with Crippen LogP contribution in [0.3, 0.4) is 0 Å². The molecule has 0 spiro atoms. The van der Waals surface area contributed by atoms with Crippen LogP contribution in [0.25, 0.3) is 6.08 Å². The largest absolute Gasteiger partial charge is 0.495 e. The first-order chi connectivity index (χ1) is 13.7. The van der Waals surface area contributed by atoms with E-state index >= 15 is 0 Å². The number of hydrogen-bond donors (Lipinski definition) is 1. The summed E-state index contributed by atoms with van der Waals surface area (Å²) in [6.07, 6.45) is 4.74. The van der Waals surface area contributed by atoms with Crippen LogP contribution in [0.2, 0.25) is 0 Å². The van der Waals surface area contributed by atoms with E-state index in [4.69, 9.17) is 9.15 Å². The van der Waals surface area contributed by atoms with Gasteiger partial charge in [-0.25, -0.2) is 0 Å². The average Bonchev–Trinajstić information content (AvgIpc) is 3.40.